The van der Waals surface area contributed by atoms with E-state index < -0.39 is 17.7 Å². The van der Waals surface area contributed by atoms with Crippen molar-refractivity contribution >= 4 is 23.1 Å². The van der Waals surface area contributed by atoms with Gasteiger partial charge in [-0.2, -0.15) is 0 Å². The molecule has 0 spiro atoms. The Kier molecular flexibility index (Phi) is 5.29. The highest BCUT2D eigenvalue weighted by atomic mass is 16.7. The maximum absolute atomic E-state index is 13.3. The predicted octanol–water partition coefficient (Wildman–Crippen LogP) is 3.54. The molecule has 9 heteroatoms. The molecule has 9 nitrogen and oxygen atoms in total. The summed E-state index contributed by atoms with van der Waals surface area (Å²) in [5.74, 6) is -0.918. The van der Waals surface area contributed by atoms with E-state index >= 15 is 0 Å². The molecule has 1 atom stereocenters. The van der Waals surface area contributed by atoms with E-state index in [1.54, 1.807) is 49.4 Å². The average molecular weight is 460 g/mol. The first kappa shape index (κ1) is 21.3. The second kappa shape index (κ2) is 8.43. The van der Waals surface area contributed by atoms with Gasteiger partial charge in [0.1, 0.15) is 5.76 Å². The fourth-order valence-electron chi connectivity index (χ4n) is 4.09. The van der Waals surface area contributed by atoms with Crippen molar-refractivity contribution in [2.24, 2.45) is 0 Å². The van der Waals surface area contributed by atoms with Crippen LogP contribution in [0.1, 0.15) is 24.1 Å². The number of aliphatic hydroxyl groups is 1. The summed E-state index contributed by atoms with van der Waals surface area (Å²) < 4.78 is 16.3. The SMILES string of the molecule is CCOc1cc(C2/C(=C(\O)c3ccncc3)C(=O)C(=O)N2c2ccc3c(c2)OCO3)ccc1O. The maximum atomic E-state index is 13.3. The number of hydrogen-bond acceptors (Lipinski definition) is 8. The van der Waals surface area contributed by atoms with E-state index in [-0.39, 0.29) is 29.6 Å². The number of carbonyl (C=O) groups excluding carboxylic acids is 2. The molecule has 172 valence electrons. The van der Waals surface area contributed by atoms with Gasteiger partial charge in [-0.15, -0.1) is 0 Å². The molecule has 1 fully saturated rings. The van der Waals surface area contributed by atoms with Gasteiger partial charge in [0, 0.05) is 29.7 Å². The number of carbonyl (C=O) groups is 2. The summed E-state index contributed by atoms with van der Waals surface area (Å²) in [6.07, 6.45) is 2.96. The van der Waals surface area contributed by atoms with E-state index in [1.807, 2.05) is 0 Å². The summed E-state index contributed by atoms with van der Waals surface area (Å²) in [5.41, 5.74) is 1.10. The standard InChI is InChI=1S/C25H20N2O7/c1-2-32-19-11-15(3-5-17(19)28)22-21(23(29)14-7-9-26-10-8-14)24(30)25(31)27(22)16-4-6-18-20(12-16)34-13-33-18/h3-12,22,28-29H,2,13H2,1H3/b23-21+. The van der Waals surface area contributed by atoms with Crippen molar-refractivity contribution in [3.05, 3.63) is 77.6 Å². The summed E-state index contributed by atoms with van der Waals surface area (Å²) in [6, 6.07) is 11.5. The number of ether oxygens (including phenoxy) is 3. The Morgan fingerprint density at radius 2 is 1.85 bits per heavy atom. The predicted molar refractivity (Wildman–Crippen MR) is 121 cm³/mol. The second-order valence-electron chi connectivity index (χ2n) is 7.60. The number of ketones is 1. The third-order valence-corrected chi connectivity index (χ3v) is 5.63. The molecule has 1 unspecified atom stereocenters. The molecule has 3 heterocycles. The number of phenolic OH excluding ortho intramolecular Hbond substituents is 1. The first-order valence-electron chi connectivity index (χ1n) is 10.6. The van der Waals surface area contributed by atoms with E-state index in [4.69, 9.17) is 14.2 Å². The number of aromatic hydroxyl groups is 1. The maximum Gasteiger partial charge on any atom is 0.300 e. The van der Waals surface area contributed by atoms with Gasteiger partial charge >= 0.3 is 0 Å². The zero-order valence-corrected chi connectivity index (χ0v) is 18.1. The van der Waals surface area contributed by atoms with Crippen LogP contribution in [0.5, 0.6) is 23.0 Å². The van der Waals surface area contributed by atoms with Crippen molar-refractivity contribution in [1.82, 2.24) is 4.98 Å². The molecule has 5 rings (SSSR count). The zero-order valence-electron chi connectivity index (χ0n) is 18.1. The average Bonchev–Trinajstić information content (AvgIpc) is 3.43. The van der Waals surface area contributed by atoms with Crippen LogP contribution in [0, 0.1) is 0 Å². The highest BCUT2D eigenvalue weighted by molar-refractivity contribution is 6.51. The van der Waals surface area contributed by atoms with Gasteiger partial charge in [0.15, 0.2) is 23.0 Å². The topological polar surface area (TPSA) is 118 Å². The van der Waals surface area contributed by atoms with Crippen LogP contribution in [0.15, 0.2) is 66.5 Å². The largest absolute Gasteiger partial charge is 0.507 e. The van der Waals surface area contributed by atoms with Crippen molar-refractivity contribution in [3.63, 3.8) is 0 Å². The van der Waals surface area contributed by atoms with Gasteiger partial charge in [-0.05, 0) is 48.9 Å². The Morgan fingerprint density at radius 3 is 2.62 bits per heavy atom. The number of pyridine rings is 1. The van der Waals surface area contributed by atoms with Crippen LogP contribution in [-0.4, -0.2) is 40.3 Å². The van der Waals surface area contributed by atoms with Gasteiger partial charge in [-0.1, -0.05) is 6.07 Å². The Bertz CT molecular complexity index is 1320. The number of anilines is 1. The van der Waals surface area contributed by atoms with Crippen LogP contribution in [0.2, 0.25) is 0 Å². The first-order chi connectivity index (χ1) is 16.5. The van der Waals surface area contributed by atoms with Crippen LogP contribution < -0.4 is 19.1 Å². The molecule has 3 aromatic rings. The highest BCUT2D eigenvalue weighted by Gasteiger charge is 2.47. The summed E-state index contributed by atoms with van der Waals surface area (Å²) in [4.78, 5) is 31.7. The van der Waals surface area contributed by atoms with E-state index in [2.05, 4.69) is 4.98 Å². The van der Waals surface area contributed by atoms with Crippen molar-refractivity contribution in [3.8, 4) is 23.0 Å². The van der Waals surface area contributed by atoms with Crippen LogP contribution in [0.3, 0.4) is 0 Å². The van der Waals surface area contributed by atoms with Gasteiger partial charge in [0.25, 0.3) is 11.7 Å². The van der Waals surface area contributed by atoms with Gasteiger partial charge in [0.05, 0.1) is 18.2 Å². The van der Waals surface area contributed by atoms with Gasteiger partial charge < -0.3 is 24.4 Å². The number of rotatable bonds is 5. The number of hydrogen-bond donors (Lipinski definition) is 2. The Hall–Kier alpha value is -4.53. The monoisotopic (exact) mass is 460 g/mol. The van der Waals surface area contributed by atoms with Crippen molar-refractivity contribution in [2.45, 2.75) is 13.0 Å². The molecule has 2 aliphatic rings. The summed E-state index contributed by atoms with van der Waals surface area (Å²) in [7, 11) is 0. The minimum atomic E-state index is -0.992. The Labute approximate surface area is 194 Å². The molecule has 2 aliphatic heterocycles. The molecule has 1 amide bonds. The zero-order chi connectivity index (χ0) is 23.8. The highest BCUT2D eigenvalue weighted by Crippen LogP contribution is 2.46. The van der Waals surface area contributed by atoms with Gasteiger partial charge in [0.2, 0.25) is 6.79 Å². The third-order valence-electron chi connectivity index (χ3n) is 5.63. The van der Waals surface area contributed by atoms with Crippen molar-refractivity contribution in [1.29, 1.82) is 0 Å². The molecule has 1 aromatic heterocycles. The van der Waals surface area contributed by atoms with Crippen molar-refractivity contribution in [2.75, 3.05) is 18.3 Å². The smallest absolute Gasteiger partial charge is 0.300 e. The molecular weight excluding hydrogens is 440 g/mol. The summed E-state index contributed by atoms with van der Waals surface area (Å²) in [6.45, 7) is 2.13. The third kappa shape index (κ3) is 3.47. The molecule has 0 saturated carbocycles. The fraction of sp³-hybridized carbons (Fsp3) is 0.160. The number of fused-ring (bicyclic) bond motifs is 1. The van der Waals surface area contributed by atoms with E-state index in [9.17, 15) is 19.8 Å². The van der Waals surface area contributed by atoms with Crippen LogP contribution in [0.4, 0.5) is 5.69 Å². The number of Topliss-reactive ketones (excluding diaryl/α,β-unsaturated/α-hetero) is 1. The lowest BCUT2D eigenvalue weighted by molar-refractivity contribution is -0.132. The number of benzene rings is 2. The molecule has 0 aliphatic carbocycles. The molecular formula is C25H20N2O7. The lowest BCUT2D eigenvalue weighted by Crippen LogP contribution is -2.29. The Morgan fingerprint density at radius 1 is 1.09 bits per heavy atom. The molecule has 2 N–H and O–H groups in total. The quantitative estimate of drug-likeness (QED) is 0.337. The summed E-state index contributed by atoms with van der Waals surface area (Å²) in [5, 5.41) is 21.3. The van der Waals surface area contributed by atoms with E-state index in [1.165, 1.54) is 23.4 Å². The minimum Gasteiger partial charge on any atom is -0.507 e. The lowest BCUT2D eigenvalue weighted by atomic mass is 9.95. The number of nitrogens with zero attached hydrogens (tertiary/aromatic N) is 2. The summed E-state index contributed by atoms with van der Waals surface area (Å²) >= 11 is 0. The van der Waals surface area contributed by atoms with Crippen LogP contribution in [-0.2, 0) is 9.59 Å². The second-order valence-corrected chi connectivity index (χ2v) is 7.60. The number of aliphatic hydroxyl groups excluding tert-OH is 1. The lowest BCUT2D eigenvalue weighted by Gasteiger charge is -2.26. The fourth-order valence-corrected chi connectivity index (χ4v) is 4.09. The molecule has 2 aromatic carbocycles. The van der Waals surface area contributed by atoms with Gasteiger partial charge in [-0.25, -0.2) is 0 Å². The van der Waals surface area contributed by atoms with Gasteiger partial charge in [-0.3, -0.25) is 19.5 Å². The molecule has 34 heavy (non-hydrogen) atoms. The van der Waals surface area contributed by atoms with Crippen LogP contribution in [0.25, 0.3) is 5.76 Å². The molecule has 0 radical (unpaired) electrons. The number of aromatic nitrogens is 1. The van der Waals surface area contributed by atoms with Crippen molar-refractivity contribution < 1.29 is 34.0 Å². The van der Waals surface area contributed by atoms with E-state index in [0.29, 0.717) is 34.9 Å². The molecule has 1 saturated heterocycles. The number of amides is 1. The number of phenols is 1. The normalized spacial score (nSPS) is 18.4. The minimum absolute atomic E-state index is 0.0543. The van der Waals surface area contributed by atoms with Crippen LogP contribution >= 0.6 is 0 Å². The molecule has 0 bridgehead atoms. The Balaban J connectivity index is 1.72. The van der Waals surface area contributed by atoms with E-state index in [0.717, 1.165) is 0 Å². The first-order valence-corrected chi connectivity index (χ1v) is 10.6.